The van der Waals surface area contributed by atoms with Crippen molar-refractivity contribution in [3.05, 3.63) is 35.9 Å². The molecule has 2 atom stereocenters. The Morgan fingerprint density at radius 1 is 1.26 bits per heavy atom. The molecular formula is C17H23NO5. The summed E-state index contributed by atoms with van der Waals surface area (Å²) in [5.74, 6) is -0.388. The second-order valence-corrected chi connectivity index (χ2v) is 6.48. The van der Waals surface area contributed by atoms with Crippen LogP contribution in [-0.2, 0) is 19.1 Å². The number of amides is 1. The number of hydroxylamine groups is 2. The Hall–Kier alpha value is -2.08. The molecule has 23 heavy (non-hydrogen) atoms. The smallest absolute Gasteiger partial charge is 0.434 e. The van der Waals surface area contributed by atoms with Gasteiger partial charge in [0.1, 0.15) is 11.7 Å². The van der Waals surface area contributed by atoms with E-state index < -0.39 is 17.7 Å². The molecule has 1 amide bonds. The molecule has 1 aromatic rings. The second-order valence-electron chi connectivity index (χ2n) is 6.48. The summed E-state index contributed by atoms with van der Waals surface area (Å²) in [5.41, 5.74) is 0.314. The first-order valence-corrected chi connectivity index (χ1v) is 7.61. The van der Waals surface area contributed by atoms with Crippen LogP contribution in [0.2, 0.25) is 0 Å². The van der Waals surface area contributed by atoms with E-state index in [1.807, 2.05) is 30.3 Å². The van der Waals surface area contributed by atoms with Gasteiger partial charge in [0, 0.05) is 6.42 Å². The number of hydrogen-bond donors (Lipinski definition) is 0. The van der Waals surface area contributed by atoms with Crippen molar-refractivity contribution in [2.75, 3.05) is 7.11 Å². The van der Waals surface area contributed by atoms with Gasteiger partial charge in [0.05, 0.1) is 19.6 Å². The van der Waals surface area contributed by atoms with E-state index >= 15 is 0 Å². The molecule has 0 radical (unpaired) electrons. The average Bonchev–Trinajstić information content (AvgIpc) is 2.90. The van der Waals surface area contributed by atoms with Crippen LogP contribution in [0.5, 0.6) is 0 Å². The molecule has 1 aliphatic heterocycles. The van der Waals surface area contributed by atoms with Crippen LogP contribution in [0, 0.1) is 0 Å². The Labute approximate surface area is 136 Å². The average molecular weight is 321 g/mol. The fraction of sp³-hybridized carbons (Fsp3) is 0.529. The summed E-state index contributed by atoms with van der Waals surface area (Å²) in [7, 11) is 1.32. The number of carbonyl (C=O) groups is 2. The first-order chi connectivity index (χ1) is 10.8. The fourth-order valence-corrected chi connectivity index (χ4v) is 2.41. The van der Waals surface area contributed by atoms with E-state index in [-0.39, 0.29) is 18.5 Å². The maximum Gasteiger partial charge on any atom is 0.434 e. The van der Waals surface area contributed by atoms with Crippen molar-refractivity contribution in [1.82, 2.24) is 5.06 Å². The lowest BCUT2D eigenvalue weighted by Gasteiger charge is -2.26. The molecule has 0 unspecified atom stereocenters. The zero-order valence-corrected chi connectivity index (χ0v) is 13.9. The van der Waals surface area contributed by atoms with E-state index in [1.54, 1.807) is 20.8 Å². The Bertz CT molecular complexity index is 552. The topological polar surface area (TPSA) is 65.1 Å². The molecule has 0 spiro atoms. The van der Waals surface area contributed by atoms with Gasteiger partial charge in [-0.1, -0.05) is 30.3 Å². The molecule has 1 heterocycles. The summed E-state index contributed by atoms with van der Waals surface area (Å²) >= 11 is 0. The molecule has 6 heteroatoms. The third kappa shape index (κ3) is 4.69. The molecule has 0 aromatic heterocycles. The predicted molar refractivity (Wildman–Crippen MR) is 83.4 cm³/mol. The van der Waals surface area contributed by atoms with E-state index in [0.29, 0.717) is 6.42 Å². The second kappa shape index (κ2) is 7.00. The largest absolute Gasteiger partial charge is 0.469 e. The van der Waals surface area contributed by atoms with Crippen molar-refractivity contribution >= 4 is 12.1 Å². The normalized spacial score (nSPS) is 21.1. The van der Waals surface area contributed by atoms with Crippen LogP contribution >= 0.6 is 0 Å². The summed E-state index contributed by atoms with van der Waals surface area (Å²) in [4.78, 5) is 29.7. The summed E-state index contributed by atoms with van der Waals surface area (Å²) in [6.45, 7) is 5.35. The minimum absolute atomic E-state index is 0.0685. The molecule has 0 N–H and O–H groups in total. The third-order valence-corrected chi connectivity index (χ3v) is 3.43. The van der Waals surface area contributed by atoms with Crippen LogP contribution in [-0.4, -0.2) is 35.9 Å². The maximum absolute atomic E-state index is 12.3. The van der Waals surface area contributed by atoms with Crippen LogP contribution in [0.25, 0.3) is 0 Å². The van der Waals surface area contributed by atoms with Gasteiger partial charge in [-0.15, -0.1) is 0 Å². The zero-order valence-electron chi connectivity index (χ0n) is 13.9. The molecule has 2 rings (SSSR count). The highest BCUT2D eigenvalue weighted by Crippen LogP contribution is 2.35. The highest BCUT2D eigenvalue weighted by molar-refractivity contribution is 5.72. The molecular weight excluding hydrogens is 298 g/mol. The standard InChI is InChI=1S/C17H23NO5/c1-17(2,3)22-16(20)18-13(11-15(19)21-4)10-14(23-18)12-8-6-5-7-9-12/h5-9,13-14H,10-11H2,1-4H3/t13-,14+/m1/s1. The van der Waals surface area contributed by atoms with Crippen LogP contribution in [0.3, 0.4) is 0 Å². The van der Waals surface area contributed by atoms with E-state index in [4.69, 9.17) is 14.3 Å². The highest BCUT2D eigenvalue weighted by Gasteiger charge is 2.41. The quantitative estimate of drug-likeness (QED) is 0.800. The SMILES string of the molecule is COC(=O)C[C@H]1C[C@@H](c2ccccc2)ON1C(=O)OC(C)(C)C. The van der Waals surface area contributed by atoms with Gasteiger partial charge >= 0.3 is 12.1 Å². The zero-order chi connectivity index (χ0) is 17.0. The lowest BCUT2D eigenvalue weighted by atomic mass is 10.0. The molecule has 0 aliphatic carbocycles. The number of nitrogens with zero attached hydrogens (tertiary/aromatic N) is 1. The summed E-state index contributed by atoms with van der Waals surface area (Å²) < 4.78 is 10.1. The van der Waals surface area contributed by atoms with Gasteiger partial charge in [0.15, 0.2) is 0 Å². The minimum Gasteiger partial charge on any atom is -0.469 e. The minimum atomic E-state index is -0.638. The first kappa shape index (κ1) is 17.3. The Balaban J connectivity index is 2.15. The highest BCUT2D eigenvalue weighted by atomic mass is 16.7. The van der Waals surface area contributed by atoms with E-state index in [1.165, 1.54) is 12.2 Å². The molecule has 0 saturated carbocycles. The molecule has 6 nitrogen and oxygen atoms in total. The van der Waals surface area contributed by atoms with E-state index in [2.05, 4.69) is 0 Å². The lowest BCUT2D eigenvalue weighted by molar-refractivity contribution is -0.159. The molecule has 1 aliphatic rings. The lowest BCUT2D eigenvalue weighted by Crippen LogP contribution is -2.40. The van der Waals surface area contributed by atoms with E-state index in [0.717, 1.165) is 5.56 Å². The number of hydrogen-bond acceptors (Lipinski definition) is 5. The summed E-state index contributed by atoms with van der Waals surface area (Å²) in [6, 6.07) is 9.17. The van der Waals surface area contributed by atoms with E-state index in [9.17, 15) is 9.59 Å². The molecule has 0 bridgehead atoms. The summed E-state index contributed by atoms with van der Waals surface area (Å²) in [5, 5.41) is 1.17. The molecule has 1 aromatic carbocycles. The molecule has 126 valence electrons. The van der Waals surface area contributed by atoms with Gasteiger partial charge in [-0.05, 0) is 26.3 Å². The number of carbonyl (C=O) groups excluding carboxylic acids is 2. The van der Waals surface area contributed by atoms with Gasteiger partial charge in [0.25, 0.3) is 0 Å². The van der Waals surface area contributed by atoms with Crippen molar-refractivity contribution < 1.29 is 23.9 Å². The number of benzene rings is 1. The number of rotatable bonds is 3. The molecule has 1 fully saturated rings. The third-order valence-electron chi connectivity index (χ3n) is 3.43. The van der Waals surface area contributed by atoms with Crippen LogP contribution in [0.15, 0.2) is 30.3 Å². The fourth-order valence-electron chi connectivity index (χ4n) is 2.41. The van der Waals surface area contributed by atoms with Crippen molar-refractivity contribution in [2.45, 2.75) is 51.4 Å². The maximum atomic E-state index is 12.3. The Morgan fingerprint density at radius 3 is 2.48 bits per heavy atom. The monoisotopic (exact) mass is 321 g/mol. The van der Waals surface area contributed by atoms with Crippen molar-refractivity contribution in [2.24, 2.45) is 0 Å². The van der Waals surface area contributed by atoms with Gasteiger partial charge in [-0.3, -0.25) is 9.63 Å². The first-order valence-electron chi connectivity index (χ1n) is 7.61. The molecule has 1 saturated heterocycles. The predicted octanol–water partition coefficient (Wildman–Crippen LogP) is 3.23. The Kier molecular flexibility index (Phi) is 5.26. The van der Waals surface area contributed by atoms with Crippen LogP contribution in [0.1, 0.15) is 45.3 Å². The summed E-state index contributed by atoms with van der Waals surface area (Å²) in [6.07, 6.45) is -0.305. The van der Waals surface area contributed by atoms with Crippen molar-refractivity contribution in [1.29, 1.82) is 0 Å². The number of ether oxygens (including phenoxy) is 2. The Morgan fingerprint density at radius 2 is 1.91 bits per heavy atom. The van der Waals surface area contributed by atoms with Gasteiger partial charge < -0.3 is 9.47 Å². The van der Waals surface area contributed by atoms with Crippen molar-refractivity contribution in [3.8, 4) is 0 Å². The number of esters is 1. The van der Waals surface area contributed by atoms with Crippen molar-refractivity contribution in [3.63, 3.8) is 0 Å². The van der Waals surface area contributed by atoms with Gasteiger partial charge in [-0.2, -0.15) is 5.06 Å². The van der Waals surface area contributed by atoms with Crippen LogP contribution in [0.4, 0.5) is 4.79 Å². The van der Waals surface area contributed by atoms with Crippen LogP contribution < -0.4 is 0 Å². The number of methoxy groups -OCH3 is 1. The van der Waals surface area contributed by atoms with Gasteiger partial charge in [0.2, 0.25) is 0 Å². The van der Waals surface area contributed by atoms with Gasteiger partial charge in [-0.25, -0.2) is 4.79 Å².